The van der Waals surface area contributed by atoms with Crippen molar-refractivity contribution in [1.82, 2.24) is 4.90 Å². The minimum absolute atomic E-state index is 0.632. The fourth-order valence-corrected chi connectivity index (χ4v) is 2.89. The third-order valence-corrected chi connectivity index (χ3v) is 3.87. The molecule has 1 aliphatic rings. The molecule has 1 saturated heterocycles. The largest absolute Gasteiger partial charge is 0.375 e. The molecule has 0 bridgehead atoms. The minimum Gasteiger partial charge on any atom is -0.375 e. The molecule has 0 N–H and O–H groups in total. The average Bonchev–Trinajstić information content (AvgIpc) is 2.77. The summed E-state index contributed by atoms with van der Waals surface area (Å²) in [6, 6.07) is 8.95. The van der Waals surface area contributed by atoms with Crippen molar-refractivity contribution < 1.29 is 4.74 Å². The van der Waals surface area contributed by atoms with Gasteiger partial charge < -0.3 is 4.74 Å². The number of hydrogen-bond donors (Lipinski definition) is 0. The van der Waals surface area contributed by atoms with Gasteiger partial charge in [0.05, 0.1) is 13.2 Å². The summed E-state index contributed by atoms with van der Waals surface area (Å²) in [6.45, 7) is 6.19. The molecule has 2 nitrogen and oxygen atoms in total. The van der Waals surface area contributed by atoms with Crippen LogP contribution in [0.3, 0.4) is 0 Å². The Bertz CT molecular complexity index is 356. The van der Waals surface area contributed by atoms with Crippen LogP contribution in [-0.2, 0) is 11.3 Å². The highest BCUT2D eigenvalue weighted by atomic mass is 79.9. The first-order valence-corrected chi connectivity index (χ1v) is 7.15. The average molecular weight is 298 g/mol. The van der Waals surface area contributed by atoms with Crippen LogP contribution in [0.4, 0.5) is 0 Å². The summed E-state index contributed by atoms with van der Waals surface area (Å²) >= 11 is 3.48. The second kappa shape index (κ2) is 6.53. The van der Waals surface area contributed by atoms with Gasteiger partial charge in [0, 0.05) is 10.5 Å². The van der Waals surface area contributed by atoms with Crippen molar-refractivity contribution in [3.63, 3.8) is 0 Å². The summed E-state index contributed by atoms with van der Waals surface area (Å²) in [4.78, 5) is 2.51. The molecule has 1 aromatic carbocycles. The lowest BCUT2D eigenvalue weighted by atomic mass is 10.2. The lowest BCUT2D eigenvalue weighted by Gasteiger charge is -2.22. The van der Waals surface area contributed by atoms with E-state index < -0.39 is 0 Å². The van der Waals surface area contributed by atoms with E-state index in [-0.39, 0.29) is 0 Å². The van der Waals surface area contributed by atoms with Crippen molar-refractivity contribution in [2.24, 2.45) is 0 Å². The smallest absolute Gasteiger partial charge is 0.0718 e. The molecule has 94 valence electrons. The first kappa shape index (κ1) is 13.1. The van der Waals surface area contributed by atoms with E-state index in [4.69, 9.17) is 4.74 Å². The van der Waals surface area contributed by atoms with Crippen molar-refractivity contribution in [2.75, 3.05) is 19.7 Å². The lowest BCUT2D eigenvalue weighted by Crippen LogP contribution is -2.32. The summed E-state index contributed by atoms with van der Waals surface area (Å²) in [5, 5.41) is 0. The summed E-state index contributed by atoms with van der Waals surface area (Å²) in [6.07, 6.45) is 2.60. The van der Waals surface area contributed by atoms with Gasteiger partial charge in [0.15, 0.2) is 0 Å². The van der Waals surface area contributed by atoms with E-state index in [9.17, 15) is 0 Å². The van der Waals surface area contributed by atoms with Gasteiger partial charge in [0.1, 0.15) is 0 Å². The monoisotopic (exact) mass is 297 g/mol. The Balaban J connectivity index is 1.76. The Morgan fingerprint density at radius 1 is 1.47 bits per heavy atom. The van der Waals surface area contributed by atoms with Crippen molar-refractivity contribution in [3.05, 3.63) is 34.3 Å². The zero-order valence-corrected chi connectivity index (χ0v) is 11.9. The van der Waals surface area contributed by atoms with Crippen molar-refractivity contribution in [1.29, 1.82) is 0 Å². The molecule has 1 aliphatic heterocycles. The van der Waals surface area contributed by atoms with Crippen LogP contribution in [0.25, 0.3) is 0 Å². The molecule has 1 fully saturated rings. The molecule has 0 unspecified atom stereocenters. The topological polar surface area (TPSA) is 12.5 Å². The standard InChI is InChI=1S/C14H20BrNO/c1-2-16-8-4-7-14(16)11-17-10-12-5-3-6-13(15)9-12/h3,5-6,9,14H,2,4,7-8,10-11H2,1H3/t14-/m0/s1. The van der Waals surface area contributed by atoms with E-state index in [1.165, 1.54) is 24.9 Å². The van der Waals surface area contributed by atoms with Gasteiger partial charge >= 0.3 is 0 Å². The third kappa shape index (κ3) is 3.80. The number of hydrogen-bond acceptors (Lipinski definition) is 2. The van der Waals surface area contributed by atoms with Crippen LogP contribution in [0.2, 0.25) is 0 Å². The predicted molar refractivity (Wildman–Crippen MR) is 74.1 cm³/mol. The summed E-state index contributed by atoms with van der Waals surface area (Å²) in [5.74, 6) is 0. The molecule has 1 heterocycles. The maximum Gasteiger partial charge on any atom is 0.0718 e. The zero-order chi connectivity index (χ0) is 12.1. The second-order valence-electron chi connectivity index (χ2n) is 4.57. The van der Waals surface area contributed by atoms with Gasteiger partial charge in [-0.05, 0) is 43.6 Å². The lowest BCUT2D eigenvalue weighted by molar-refractivity contribution is 0.0686. The van der Waals surface area contributed by atoms with E-state index in [0.29, 0.717) is 12.6 Å². The Morgan fingerprint density at radius 3 is 3.12 bits per heavy atom. The van der Waals surface area contributed by atoms with Gasteiger partial charge in [-0.15, -0.1) is 0 Å². The number of likely N-dealkylation sites (N-methyl/N-ethyl adjacent to an activating group) is 1. The van der Waals surface area contributed by atoms with Crippen LogP contribution in [-0.4, -0.2) is 30.6 Å². The van der Waals surface area contributed by atoms with Gasteiger partial charge in [-0.1, -0.05) is 35.0 Å². The van der Waals surface area contributed by atoms with Crippen LogP contribution in [0.5, 0.6) is 0 Å². The van der Waals surface area contributed by atoms with Crippen LogP contribution in [0.15, 0.2) is 28.7 Å². The maximum absolute atomic E-state index is 5.83. The molecular formula is C14H20BrNO. The zero-order valence-electron chi connectivity index (χ0n) is 10.4. The van der Waals surface area contributed by atoms with Gasteiger partial charge in [-0.3, -0.25) is 4.90 Å². The van der Waals surface area contributed by atoms with Gasteiger partial charge in [0.25, 0.3) is 0 Å². The van der Waals surface area contributed by atoms with Crippen LogP contribution < -0.4 is 0 Å². The molecule has 0 spiro atoms. The van der Waals surface area contributed by atoms with Crippen molar-refractivity contribution in [3.8, 4) is 0 Å². The Morgan fingerprint density at radius 2 is 2.35 bits per heavy atom. The molecule has 3 heteroatoms. The van der Waals surface area contributed by atoms with E-state index in [0.717, 1.165) is 17.6 Å². The van der Waals surface area contributed by atoms with Crippen LogP contribution in [0, 0.1) is 0 Å². The molecule has 0 radical (unpaired) electrons. The van der Waals surface area contributed by atoms with E-state index in [1.807, 2.05) is 6.07 Å². The normalized spacial score (nSPS) is 20.9. The molecule has 0 saturated carbocycles. The molecule has 2 rings (SSSR count). The fourth-order valence-electron chi connectivity index (χ4n) is 2.44. The summed E-state index contributed by atoms with van der Waals surface area (Å²) in [7, 11) is 0. The van der Waals surface area contributed by atoms with Gasteiger partial charge in [0.2, 0.25) is 0 Å². The Kier molecular flexibility index (Phi) is 5.01. The highest BCUT2D eigenvalue weighted by molar-refractivity contribution is 9.10. The van der Waals surface area contributed by atoms with Gasteiger partial charge in [-0.25, -0.2) is 0 Å². The Hall–Kier alpha value is -0.380. The Labute approximate surface area is 112 Å². The van der Waals surface area contributed by atoms with E-state index in [2.05, 4.69) is 46.0 Å². The number of nitrogens with zero attached hydrogens (tertiary/aromatic N) is 1. The maximum atomic E-state index is 5.83. The van der Waals surface area contributed by atoms with Gasteiger partial charge in [-0.2, -0.15) is 0 Å². The fraction of sp³-hybridized carbons (Fsp3) is 0.571. The number of benzene rings is 1. The first-order chi connectivity index (χ1) is 8.29. The molecule has 0 amide bonds. The highest BCUT2D eigenvalue weighted by Gasteiger charge is 2.22. The summed E-state index contributed by atoms with van der Waals surface area (Å²) < 4.78 is 6.95. The van der Waals surface area contributed by atoms with E-state index in [1.54, 1.807) is 0 Å². The van der Waals surface area contributed by atoms with Crippen molar-refractivity contribution in [2.45, 2.75) is 32.4 Å². The third-order valence-electron chi connectivity index (χ3n) is 3.37. The number of likely N-dealkylation sites (tertiary alicyclic amines) is 1. The number of rotatable bonds is 5. The minimum atomic E-state index is 0.632. The second-order valence-corrected chi connectivity index (χ2v) is 5.49. The molecule has 17 heavy (non-hydrogen) atoms. The number of ether oxygens (including phenoxy) is 1. The SMILES string of the molecule is CCN1CCC[C@H]1COCc1cccc(Br)c1. The molecule has 1 aromatic rings. The first-order valence-electron chi connectivity index (χ1n) is 6.36. The summed E-state index contributed by atoms with van der Waals surface area (Å²) in [5.41, 5.74) is 1.24. The quantitative estimate of drug-likeness (QED) is 0.825. The molecular weight excluding hydrogens is 278 g/mol. The number of halogens is 1. The van der Waals surface area contributed by atoms with Crippen molar-refractivity contribution >= 4 is 15.9 Å². The molecule has 0 aliphatic carbocycles. The van der Waals surface area contributed by atoms with E-state index >= 15 is 0 Å². The molecule has 0 aromatic heterocycles. The van der Waals surface area contributed by atoms with Crippen LogP contribution in [0.1, 0.15) is 25.3 Å². The molecule has 1 atom stereocenters. The predicted octanol–water partition coefficient (Wildman–Crippen LogP) is 3.45. The highest BCUT2D eigenvalue weighted by Crippen LogP contribution is 2.18. The van der Waals surface area contributed by atoms with Crippen LogP contribution >= 0.6 is 15.9 Å².